The van der Waals surface area contributed by atoms with E-state index in [0.717, 1.165) is 23.9 Å². The van der Waals surface area contributed by atoms with Crippen LogP contribution >= 0.6 is 11.6 Å². The van der Waals surface area contributed by atoms with E-state index >= 15 is 4.39 Å². The summed E-state index contributed by atoms with van der Waals surface area (Å²) in [5, 5.41) is 14.2. The average molecular weight is 498 g/mol. The number of hydrogen-bond acceptors (Lipinski definition) is 6. The van der Waals surface area contributed by atoms with Gasteiger partial charge >= 0.3 is 0 Å². The number of anilines is 1. The number of methoxy groups -OCH3 is 1. The van der Waals surface area contributed by atoms with E-state index in [1.807, 2.05) is 0 Å². The standard InChI is InChI=1S/C23H21ClFN7O3/c1-35-18-7-6-13(24)10-15(18)19-17(12-32(30-19)20(25)23(34)28-14-4-2-5-14)29-22(33)16-11-27-31-9-3-8-26-21(16)31/h3,6-12,14,20H,2,4-5H2,1H3,(H,28,34)(H,29,33). The predicted molar refractivity (Wildman–Crippen MR) is 126 cm³/mol. The Labute approximate surface area is 204 Å². The molecular weight excluding hydrogens is 477 g/mol. The fourth-order valence-electron chi connectivity index (χ4n) is 3.78. The maximum absolute atomic E-state index is 15.1. The van der Waals surface area contributed by atoms with Crippen molar-refractivity contribution in [3.63, 3.8) is 0 Å². The van der Waals surface area contributed by atoms with E-state index in [0.29, 0.717) is 22.0 Å². The minimum absolute atomic E-state index is 0.0360. The quantitative estimate of drug-likeness (QED) is 0.403. The Bertz CT molecular complexity index is 1420. The number of alkyl halides is 1. The molecule has 1 aromatic carbocycles. The minimum atomic E-state index is -2.09. The SMILES string of the molecule is COc1ccc(Cl)cc1-c1nn(C(F)C(=O)NC2CCC2)cc1NC(=O)c1cnn2cccnc12. The van der Waals surface area contributed by atoms with Crippen LogP contribution in [-0.4, -0.2) is 49.3 Å². The van der Waals surface area contributed by atoms with Crippen LogP contribution in [0.1, 0.15) is 35.9 Å². The lowest BCUT2D eigenvalue weighted by Crippen LogP contribution is -2.42. The number of nitrogens with zero attached hydrogens (tertiary/aromatic N) is 5. The second-order valence-electron chi connectivity index (χ2n) is 8.09. The zero-order valence-electron chi connectivity index (χ0n) is 18.6. The van der Waals surface area contributed by atoms with Gasteiger partial charge in [-0.3, -0.25) is 9.59 Å². The minimum Gasteiger partial charge on any atom is -0.496 e. The molecule has 1 atom stereocenters. The summed E-state index contributed by atoms with van der Waals surface area (Å²) >= 11 is 6.19. The van der Waals surface area contributed by atoms with Crippen LogP contribution in [0.25, 0.3) is 16.9 Å². The van der Waals surface area contributed by atoms with Gasteiger partial charge in [-0.2, -0.15) is 10.2 Å². The van der Waals surface area contributed by atoms with Crippen molar-refractivity contribution in [3.05, 3.63) is 59.6 Å². The molecule has 0 saturated heterocycles. The summed E-state index contributed by atoms with van der Waals surface area (Å²) in [4.78, 5) is 29.8. The highest BCUT2D eigenvalue weighted by Crippen LogP contribution is 2.37. The van der Waals surface area contributed by atoms with Gasteiger partial charge in [0.25, 0.3) is 18.1 Å². The molecule has 12 heteroatoms. The summed E-state index contributed by atoms with van der Waals surface area (Å²) in [5.41, 5.74) is 1.31. The first-order chi connectivity index (χ1) is 16.9. The molecule has 180 valence electrons. The smallest absolute Gasteiger partial charge is 0.277 e. The molecule has 0 aliphatic heterocycles. The highest BCUT2D eigenvalue weighted by atomic mass is 35.5. The molecule has 2 N–H and O–H groups in total. The van der Waals surface area contributed by atoms with E-state index in [9.17, 15) is 9.59 Å². The van der Waals surface area contributed by atoms with Crippen molar-refractivity contribution in [3.8, 4) is 17.0 Å². The molecule has 3 aromatic heterocycles. The molecule has 5 rings (SSSR count). The van der Waals surface area contributed by atoms with Crippen molar-refractivity contribution in [1.82, 2.24) is 29.7 Å². The highest BCUT2D eigenvalue weighted by Gasteiger charge is 2.29. The number of ether oxygens (including phenoxy) is 1. The molecule has 1 saturated carbocycles. The summed E-state index contributed by atoms with van der Waals surface area (Å²) in [6, 6.07) is 6.50. The fraction of sp³-hybridized carbons (Fsp3) is 0.261. The summed E-state index contributed by atoms with van der Waals surface area (Å²) in [6.07, 6.45) is 6.38. The van der Waals surface area contributed by atoms with E-state index < -0.39 is 18.1 Å². The zero-order valence-corrected chi connectivity index (χ0v) is 19.4. The number of aromatic nitrogens is 5. The molecule has 1 aliphatic rings. The van der Waals surface area contributed by atoms with Gasteiger partial charge < -0.3 is 15.4 Å². The topological polar surface area (TPSA) is 115 Å². The largest absolute Gasteiger partial charge is 0.496 e. The Morgan fingerprint density at radius 1 is 1.31 bits per heavy atom. The Morgan fingerprint density at radius 2 is 2.14 bits per heavy atom. The maximum Gasteiger partial charge on any atom is 0.277 e. The number of rotatable bonds is 7. The van der Waals surface area contributed by atoms with E-state index in [2.05, 4.69) is 25.8 Å². The van der Waals surface area contributed by atoms with Crippen LogP contribution in [0, 0.1) is 0 Å². The molecule has 4 aromatic rings. The lowest BCUT2D eigenvalue weighted by molar-refractivity contribution is -0.130. The van der Waals surface area contributed by atoms with Gasteiger partial charge in [0.2, 0.25) is 0 Å². The van der Waals surface area contributed by atoms with E-state index in [1.54, 1.807) is 36.7 Å². The second-order valence-corrected chi connectivity index (χ2v) is 8.52. The van der Waals surface area contributed by atoms with Crippen LogP contribution in [0.2, 0.25) is 5.02 Å². The molecule has 0 bridgehead atoms. The number of fused-ring (bicyclic) bond motifs is 1. The van der Waals surface area contributed by atoms with Crippen LogP contribution in [0.3, 0.4) is 0 Å². The lowest BCUT2D eigenvalue weighted by Gasteiger charge is -2.26. The summed E-state index contributed by atoms with van der Waals surface area (Å²) in [7, 11) is 1.47. The molecule has 1 fully saturated rings. The molecule has 35 heavy (non-hydrogen) atoms. The van der Waals surface area contributed by atoms with Crippen LogP contribution in [-0.2, 0) is 4.79 Å². The predicted octanol–water partition coefficient (Wildman–Crippen LogP) is 3.64. The lowest BCUT2D eigenvalue weighted by atomic mass is 9.93. The van der Waals surface area contributed by atoms with Gasteiger partial charge in [-0.25, -0.2) is 18.6 Å². The van der Waals surface area contributed by atoms with Crippen molar-refractivity contribution < 1.29 is 18.7 Å². The number of hydrogen-bond donors (Lipinski definition) is 2. The number of amides is 2. The van der Waals surface area contributed by atoms with Gasteiger partial charge in [0.15, 0.2) is 5.65 Å². The normalized spacial score (nSPS) is 14.4. The van der Waals surface area contributed by atoms with E-state index in [1.165, 1.54) is 24.0 Å². The molecule has 0 radical (unpaired) electrons. The van der Waals surface area contributed by atoms with Gasteiger partial charge in [-0.15, -0.1) is 0 Å². The molecule has 1 unspecified atom stereocenters. The van der Waals surface area contributed by atoms with Gasteiger partial charge in [-0.05, 0) is 43.5 Å². The highest BCUT2D eigenvalue weighted by molar-refractivity contribution is 6.31. The van der Waals surface area contributed by atoms with Gasteiger partial charge in [0.05, 0.1) is 25.2 Å². The van der Waals surface area contributed by atoms with Crippen molar-refractivity contribution >= 4 is 34.7 Å². The Kier molecular flexibility index (Phi) is 6.08. The third-order valence-corrected chi connectivity index (χ3v) is 6.06. The number of nitrogens with one attached hydrogen (secondary N) is 2. The number of carbonyl (C=O) groups is 2. The van der Waals surface area contributed by atoms with Gasteiger partial charge in [0, 0.05) is 29.0 Å². The van der Waals surface area contributed by atoms with E-state index in [-0.39, 0.29) is 23.0 Å². The third kappa shape index (κ3) is 4.42. The molecule has 2 amide bonds. The number of carbonyl (C=O) groups excluding carboxylic acids is 2. The fourth-order valence-corrected chi connectivity index (χ4v) is 3.96. The van der Waals surface area contributed by atoms with Crippen LogP contribution in [0.15, 0.2) is 49.1 Å². The van der Waals surface area contributed by atoms with Crippen LogP contribution in [0.4, 0.5) is 10.1 Å². The van der Waals surface area contributed by atoms with E-state index in [4.69, 9.17) is 16.3 Å². The molecule has 3 heterocycles. The molecule has 1 aliphatic carbocycles. The average Bonchev–Trinajstić information content (AvgIpc) is 3.45. The maximum atomic E-state index is 15.1. The Hall–Kier alpha value is -3.99. The van der Waals surface area contributed by atoms with Crippen molar-refractivity contribution in [2.24, 2.45) is 0 Å². The van der Waals surface area contributed by atoms with Crippen molar-refractivity contribution in [2.45, 2.75) is 31.6 Å². The Balaban J connectivity index is 1.52. The zero-order chi connectivity index (χ0) is 24.5. The molecular formula is C23H21ClFN7O3. The summed E-state index contributed by atoms with van der Waals surface area (Å²) in [5.74, 6) is -0.927. The van der Waals surface area contributed by atoms with Gasteiger partial charge in [0.1, 0.15) is 17.0 Å². The van der Waals surface area contributed by atoms with Crippen molar-refractivity contribution in [1.29, 1.82) is 0 Å². The second kappa shape index (κ2) is 9.34. The Morgan fingerprint density at radius 3 is 2.89 bits per heavy atom. The summed E-state index contributed by atoms with van der Waals surface area (Å²) < 4.78 is 22.9. The van der Waals surface area contributed by atoms with Crippen molar-refractivity contribution in [2.75, 3.05) is 12.4 Å². The van der Waals surface area contributed by atoms with Gasteiger partial charge in [-0.1, -0.05) is 11.6 Å². The number of benzene rings is 1. The van der Waals surface area contributed by atoms with Crippen LogP contribution in [0.5, 0.6) is 5.75 Å². The summed E-state index contributed by atoms with van der Waals surface area (Å²) in [6.45, 7) is 0. The first-order valence-corrected chi connectivity index (χ1v) is 11.3. The monoisotopic (exact) mass is 497 g/mol. The number of halogens is 2. The molecule has 10 nitrogen and oxygen atoms in total. The van der Waals surface area contributed by atoms with Crippen LogP contribution < -0.4 is 15.4 Å². The molecule has 0 spiro atoms. The first kappa shape index (κ1) is 22.8. The third-order valence-electron chi connectivity index (χ3n) is 5.82. The first-order valence-electron chi connectivity index (χ1n) is 10.9.